The lowest BCUT2D eigenvalue weighted by Gasteiger charge is -2.25. The summed E-state index contributed by atoms with van der Waals surface area (Å²) in [5, 5.41) is 5.77. The minimum Gasteiger partial charge on any atom is -0.370 e. The number of rotatable bonds is 9. The Balaban J connectivity index is 1.84. The molecule has 0 saturated heterocycles. The highest BCUT2D eigenvalue weighted by atomic mass is 32.1. The van der Waals surface area contributed by atoms with Gasteiger partial charge in [-0.2, -0.15) is 0 Å². The SMILES string of the molecule is CCCCN(CCNC(C)c1cccs1)c1ccccc1. The van der Waals surface area contributed by atoms with Gasteiger partial charge in [-0.15, -0.1) is 11.3 Å². The van der Waals surface area contributed by atoms with Crippen molar-refractivity contribution in [3.63, 3.8) is 0 Å². The summed E-state index contributed by atoms with van der Waals surface area (Å²) >= 11 is 1.82. The van der Waals surface area contributed by atoms with Crippen LogP contribution in [0.2, 0.25) is 0 Å². The molecule has 1 heterocycles. The van der Waals surface area contributed by atoms with Crippen molar-refractivity contribution >= 4 is 17.0 Å². The van der Waals surface area contributed by atoms with E-state index in [1.165, 1.54) is 23.4 Å². The summed E-state index contributed by atoms with van der Waals surface area (Å²) in [5.41, 5.74) is 1.33. The van der Waals surface area contributed by atoms with Crippen LogP contribution in [0.4, 0.5) is 5.69 Å². The van der Waals surface area contributed by atoms with Crippen molar-refractivity contribution in [1.29, 1.82) is 0 Å². The van der Waals surface area contributed by atoms with E-state index in [4.69, 9.17) is 0 Å². The average Bonchev–Trinajstić information content (AvgIpc) is 3.06. The van der Waals surface area contributed by atoms with Crippen LogP contribution in [0.3, 0.4) is 0 Å². The Labute approximate surface area is 132 Å². The number of nitrogens with zero attached hydrogens (tertiary/aromatic N) is 1. The van der Waals surface area contributed by atoms with Gasteiger partial charge in [-0.3, -0.25) is 0 Å². The van der Waals surface area contributed by atoms with Crippen molar-refractivity contribution in [2.45, 2.75) is 32.7 Å². The molecule has 0 aliphatic heterocycles. The van der Waals surface area contributed by atoms with E-state index >= 15 is 0 Å². The smallest absolute Gasteiger partial charge is 0.0386 e. The van der Waals surface area contributed by atoms with Crippen LogP contribution in [-0.4, -0.2) is 19.6 Å². The fourth-order valence-corrected chi connectivity index (χ4v) is 3.17. The van der Waals surface area contributed by atoms with Gasteiger partial charge in [0.1, 0.15) is 0 Å². The van der Waals surface area contributed by atoms with Crippen LogP contribution in [-0.2, 0) is 0 Å². The van der Waals surface area contributed by atoms with E-state index < -0.39 is 0 Å². The summed E-state index contributed by atoms with van der Waals surface area (Å²) in [5.74, 6) is 0. The van der Waals surface area contributed by atoms with E-state index in [-0.39, 0.29) is 0 Å². The molecule has 1 atom stereocenters. The molecule has 0 bridgehead atoms. The lowest BCUT2D eigenvalue weighted by molar-refractivity contribution is 0.571. The van der Waals surface area contributed by atoms with Crippen LogP contribution in [0.15, 0.2) is 47.8 Å². The molecule has 0 amide bonds. The van der Waals surface area contributed by atoms with Gasteiger partial charge in [-0.25, -0.2) is 0 Å². The second-order valence-electron chi connectivity index (χ2n) is 5.37. The Morgan fingerprint density at radius 2 is 1.90 bits per heavy atom. The molecule has 2 aromatic rings. The Morgan fingerprint density at radius 3 is 2.57 bits per heavy atom. The van der Waals surface area contributed by atoms with E-state index in [0.717, 1.165) is 19.6 Å². The molecule has 1 aromatic carbocycles. The second kappa shape index (κ2) is 8.85. The number of anilines is 1. The summed E-state index contributed by atoms with van der Waals surface area (Å²) in [4.78, 5) is 3.90. The van der Waals surface area contributed by atoms with Crippen LogP contribution in [0, 0.1) is 0 Å². The average molecular weight is 302 g/mol. The highest BCUT2D eigenvalue weighted by molar-refractivity contribution is 7.10. The molecule has 0 saturated carbocycles. The molecule has 2 rings (SSSR count). The summed E-state index contributed by atoms with van der Waals surface area (Å²) in [6.45, 7) is 7.69. The lowest BCUT2D eigenvalue weighted by atomic mass is 10.2. The molecule has 21 heavy (non-hydrogen) atoms. The highest BCUT2D eigenvalue weighted by Gasteiger charge is 2.08. The maximum atomic E-state index is 3.63. The Bertz CT molecular complexity index is 481. The van der Waals surface area contributed by atoms with E-state index in [0.29, 0.717) is 6.04 Å². The normalized spacial score (nSPS) is 12.3. The van der Waals surface area contributed by atoms with Crippen LogP contribution in [0.1, 0.15) is 37.6 Å². The van der Waals surface area contributed by atoms with E-state index in [1.807, 2.05) is 11.3 Å². The fraction of sp³-hybridized carbons (Fsp3) is 0.444. The molecule has 2 nitrogen and oxygen atoms in total. The predicted molar refractivity (Wildman–Crippen MR) is 94.3 cm³/mol. The highest BCUT2D eigenvalue weighted by Crippen LogP contribution is 2.18. The van der Waals surface area contributed by atoms with Crippen LogP contribution < -0.4 is 10.2 Å². The maximum absolute atomic E-state index is 3.63. The number of benzene rings is 1. The van der Waals surface area contributed by atoms with Gasteiger partial charge in [0, 0.05) is 36.2 Å². The van der Waals surface area contributed by atoms with Gasteiger partial charge in [0.15, 0.2) is 0 Å². The summed E-state index contributed by atoms with van der Waals surface area (Å²) in [6.07, 6.45) is 2.48. The van der Waals surface area contributed by atoms with Crippen molar-refractivity contribution < 1.29 is 0 Å². The molecule has 1 N–H and O–H groups in total. The van der Waals surface area contributed by atoms with Gasteiger partial charge in [0.05, 0.1) is 0 Å². The summed E-state index contributed by atoms with van der Waals surface area (Å²) in [7, 11) is 0. The first kappa shape index (κ1) is 16.1. The molecule has 114 valence electrons. The van der Waals surface area contributed by atoms with Crippen molar-refractivity contribution in [2.24, 2.45) is 0 Å². The number of hydrogen-bond acceptors (Lipinski definition) is 3. The van der Waals surface area contributed by atoms with Crippen LogP contribution in [0.25, 0.3) is 0 Å². The molecule has 0 spiro atoms. The summed E-state index contributed by atoms with van der Waals surface area (Å²) in [6, 6.07) is 15.5. The van der Waals surface area contributed by atoms with Crippen molar-refractivity contribution in [2.75, 3.05) is 24.5 Å². The van der Waals surface area contributed by atoms with Crippen molar-refractivity contribution in [3.8, 4) is 0 Å². The van der Waals surface area contributed by atoms with Gasteiger partial charge in [0.25, 0.3) is 0 Å². The van der Waals surface area contributed by atoms with Gasteiger partial charge in [-0.1, -0.05) is 37.6 Å². The Kier molecular flexibility index (Phi) is 6.77. The zero-order chi connectivity index (χ0) is 14.9. The molecular formula is C18H26N2S. The third-order valence-corrected chi connectivity index (χ3v) is 4.76. The maximum Gasteiger partial charge on any atom is 0.0386 e. The van der Waals surface area contributed by atoms with E-state index in [1.54, 1.807) is 0 Å². The minimum absolute atomic E-state index is 0.439. The summed E-state index contributed by atoms with van der Waals surface area (Å²) < 4.78 is 0. The predicted octanol–water partition coefficient (Wildman–Crippen LogP) is 4.71. The van der Waals surface area contributed by atoms with Gasteiger partial charge in [0.2, 0.25) is 0 Å². The Morgan fingerprint density at radius 1 is 1.10 bits per heavy atom. The number of unbranched alkanes of at least 4 members (excludes halogenated alkanes) is 1. The van der Waals surface area contributed by atoms with Crippen LogP contribution in [0.5, 0.6) is 0 Å². The number of para-hydroxylation sites is 1. The molecule has 0 radical (unpaired) electrons. The van der Waals surface area contributed by atoms with Gasteiger partial charge < -0.3 is 10.2 Å². The Hall–Kier alpha value is -1.32. The molecule has 1 unspecified atom stereocenters. The molecular weight excluding hydrogens is 276 g/mol. The monoisotopic (exact) mass is 302 g/mol. The third-order valence-electron chi connectivity index (χ3n) is 3.71. The van der Waals surface area contributed by atoms with E-state index in [9.17, 15) is 0 Å². The van der Waals surface area contributed by atoms with Crippen molar-refractivity contribution in [3.05, 3.63) is 52.7 Å². The molecule has 0 aliphatic carbocycles. The largest absolute Gasteiger partial charge is 0.370 e. The number of thiophene rings is 1. The van der Waals surface area contributed by atoms with Crippen molar-refractivity contribution in [1.82, 2.24) is 5.32 Å². The van der Waals surface area contributed by atoms with Gasteiger partial charge in [-0.05, 0) is 36.9 Å². The topological polar surface area (TPSA) is 15.3 Å². The lowest BCUT2D eigenvalue weighted by Crippen LogP contribution is -2.33. The molecule has 3 heteroatoms. The first-order valence-corrected chi connectivity index (χ1v) is 8.76. The number of hydrogen-bond donors (Lipinski definition) is 1. The number of nitrogens with one attached hydrogen (secondary N) is 1. The quantitative estimate of drug-likeness (QED) is 0.722. The van der Waals surface area contributed by atoms with E-state index in [2.05, 4.69) is 71.9 Å². The van der Waals surface area contributed by atoms with Gasteiger partial charge >= 0.3 is 0 Å². The molecule has 0 aliphatic rings. The van der Waals surface area contributed by atoms with Crippen LogP contribution >= 0.6 is 11.3 Å². The third kappa shape index (κ3) is 5.18. The first-order valence-electron chi connectivity index (χ1n) is 7.88. The standard InChI is InChI=1S/C18H26N2S/c1-3-4-13-20(17-9-6-5-7-10-17)14-12-19-16(2)18-11-8-15-21-18/h5-11,15-16,19H,3-4,12-14H2,1-2H3. The first-order chi connectivity index (χ1) is 10.3. The minimum atomic E-state index is 0.439. The second-order valence-corrected chi connectivity index (χ2v) is 6.35. The zero-order valence-corrected chi connectivity index (χ0v) is 13.9. The molecule has 0 fully saturated rings. The zero-order valence-electron chi connectivity index (χ0n) is 13.1. The fourth-order valence-electron chi connectivity index (χ4n) is 2.41. The molecule has 1 aromatic heterocycles.